The van der Waals surface area contributed by atoms with Crippen molar-refractivity contribution in [3.8, 4) is 0 Å². The van der Waals surface area contributed by atoms with Gasteiger partial charge in [0.1, 0.15) is 19.3 Å². The van der Waals surface area contributed by atoms with Gasteiger partial charge in [-0.05, 0) is 10.9 Å². The molecule has 60 valence electrons. The molecule has 0 spiro atoms. The smallest absolute Gasteiger partial charge is 0.150 e. The lowest BCUT2D eigenvalue weighted by atomic mass is 9.99. The molecule has 0 saturated heterocycles. The van der Waals surface area contributed by atoms with Gasteiger partial charge in [0.15, 0.2) is 0 Å². The quantitative estimate of drug-likeness (QED) is 0.510. The molecule has 0 atom stereocenters. The third-order valence-electron chi connectivity index (χ3n) is 1.76. The predicted molar refractivity (Wildman–Crippen MR) is 54.7 cm³/mol. The topological polar surface area (TPSA) is 25.8 Å². The van der Waals surface area contributed by atoms with Crippen LogP contribution in [0.4, 0.5) is 0 Å². The molecule has 0 aliphatic heterocycles. The Hall–Kier alpha value is -0.605. The number of fused-ring (bicyclic) bond motifs is 1. The van der Waals surface area contributed by atoms with E-state index < -0.39 is 0 Å². The van der Waals surface area contributed by atoms with E-state index in [9.17, 15) is 0 Å². The summed E-state index contributed by atoms with van der Waals surface area (Å²) in [4.78, 5) is 8.11. The minimum atomic E-state index is 0.560. The summed E-state index contributed by atoms with van der Waals surface area (Å²) in [5.74, 6) is 0. The summed E-state index contributed by atoms with van der Waals surface area (Å²) in [6.07, 6.45) is 2.50. The molecule has 0 bridgehead atoms. The second-order valence-electron chi connectivity index (χ2n) is 2.46. The highest BCUT2D eigenvalue weighted by Gasteiger charge is 2.06. The van der Waals surface area contributed by atoms with Crippen LogP contribution < -0.4 is 0 Å². The van der Waals surface area contributed by atoms with Gasteiger partial charge in [-0.2, -0.15) is 0 Å². The Labute approximate surface area is 80.0 Å². The van der Waals surface area contributed by atoms with Crippen molar-refractivity contribution in [2.75, 3.05) is 0 Å². The number of hydrogen-bond donors (Lipinski definition) is 0. The van der Waals surface area contributed by atoms with Crippen LogP contribution in [0.15, 0.2) is 11.7 Å². The summed E-state index contributed by atoms with van der Waals surface area (Å²) in [7, 11) is 2.11. The van der Waals surface area contributed by atoms with E-state index in [4.69, 9.17) is 11.6 Å². The van der Waals surface area contributed by atoms with Crippen LogP contribution in [0.1, 0.15) is 5.56 Å². The van der Waals surface area contributed by atoms with E-state index in [1.165, 1.54) is 11.9 Å². The molecule has 2 heterocycles. The van der Waals surface area contributed by atoms with Gasteiger partial charge in [-0.25, -0.2) is 9.97 Å². The number of thiophene rings is 1. The zero-order chi connectivity index (χ0) is 8.55. The summed E-state index contributed by atoms with van der Waals surface area (Å²) in [5, 5.41) is 2.65. The van der Waals surface area contributed by atoms with Crippen LogP contribution >= 0.6 is 22.9 Å². The van der Waals surface area contributed by atoms with E-state index in [2.05, 4.69) is 23.2 Å². The highest BCUT2D eigenvalue weighted by Crippen LogP contribution is 2.28. The summed E-state index contributed by atoms with van der Waals surface area (Å²) in [5.41, 5.74) is 2.25. The molecule has 2 nitrogen and oxygen atoms in total. The highest BCUT2D eigenvalue weighted by atomic mass is 35.5. The van der Waals surface area contributed by atoms with Gasteiger partial charge in [-0.15, -0.1) is 11.3 Å². The first kappa shape index (κ1) is 8.01. The van der Waals surface area contributed by atoms with Crippen molar-refractivity contribution < 1.29 is 0 Å². The Balaban J connectivity index is 2.80. The SMILES string of the molecule is BCc1csc2c(Cl)ncnc12. The molecule has 12 heavy (non-hydrogen) atoms. The highest BCUT2D eigenvalue weighted by molar-refractivity contribution is 7.18. The molecule has 0 amide bonds. The fourth-order valence-corrected chi connectivity index (χ4v) is 2.37. The van der Waals surface area contributed by atoms with Crippen LogP contribution in [0.25, 0.3) is 10.2 Å². The number of aromatic nitrogens is 2. The molecule has 5 heteroatoms. The lowest BCUT2D eigenvalue weighted by Gasteiger charge is -1.92. The van der Waals surface area contributed by atoms with Crippen molar-refractivity contribution in [2.45, 2.75) is 6.32 Å². The van der Waals surface area contributed by atoms with Gasteiger partial charge in [0.2, 0.25) is 0 Å². The first-order valence-electron chi connectivity index (χ1n) is 3.69. The van der Waals surface area contributed by atoms with Crippen LogP contribution in [-0.4, -0.2) is 17.8 Å². The summed E-state index contributed by atoms with van der Waals surface area (Å²) in [6.45, 7) is 0. The van der Waals surface area contributed by atoms with Crippen molar-refractivity contribution >= 4 is 41.0 Å². The second kappa shape index (κ2) is 3.03. The molecule has 0 N–H and O–H groups in total. The minimum absolute atomic E-state index is 0.560. The molecule has 0 aliphatic carbocycles. The minimum Gasteiger partial charge on any atom is -0.235 e. The molecule has 0 fully saturated rings. The molecule has 2 aromatic heterocycles. The molecule has 0 unspecified atom stereocenters. The van der Waals surface area contributed by atoms with Crippen molar-refractivity contribution in [3.63, 3.8) is 0 Å². The van der Waals surface area contributed by atoms with Gasteiger partial charge in [0.25, 0.3) is 0 Å². The molecule has 0 radical (unpaired) electrons. The molecular weight excluding hydrogens is 190 g/mol. The summed E-state index contributed by atoms with van der Waals surface area (Å²) in [6, 6.07) is 0. The number of rotatable bonds is 1. The van der Waals surface area contributed by atoms with E-state index in [0.717, 1.165) is 16.5 Å². The maximum Gasteiger partial charge on any atom is 0.150 e. The zero-order valence-corrected chi connectivity index (χ0v) is 8.11. The second-order valence-corrected chi connectivity index (χ2v) is 3.69. The Morgan fingerprint density at radius 2 is 2.33 bits per heavy atom. The Morgan fingerprint density at radius 1 is 1.50 bits per heavy atom. The van der Waals surface area contributed by atoms with E-state index in [1.807, 2.05) is 0 Å². The van der Waals surface area contributed by atoms with Gasteiger partial charge in [-0.1, -0.05) is 17.9 Å². The van der Waals surface area contributed by atoms with Crippen molar-refractivity contribution in [2.24, 2.45) is 0 Å². The number of hydrogen-bond acceptors (Lipinski definition) is 3. The third-order valence-corrected chi connectivity index (χ3v) is 3.19. The lowest BCUT2D eigenvalue weighted by molar-refractivity contribution is 1.22. The fraction of sp³-hybridized carbons (Fsp3) is 0.143. The van der Waals surface area contributed by atoms with Gasteiger partial charge >= 0.3 is 0 Å². The van der Waals surface area contributed by atoms with E-state index >= 15 is 0 Å². The maximum atomic E-state index is 5.89. The first-order valence-corrected chi connectivity index (χ1v) is 4.95. The Kier molecular flexibility index (Phi) is 2.03. The van der Waals surface area contributed by atoms with Gasteiger partial charge < -0.3 is 0 Å². The van der Waals surface area contributed by atoms with Gasteiger partial charge in [-0.3, -0.25) is 0 Å². The van der Waals surface area contributed by atoms with Gasteiger partial charge in [0, 0.05) is 0 Å². The maximum absolute atomic E-state index is 5.89. The standard InChI is InChI=1S/C7H6BClN2S/c8-1-4-2-12-6-5(4)10-3-11-7(6)9/h2-3H,1,8H2. The van der Waals surface area contributed by atoms with Crippen molar-refractivity contribution in [1.29, 1.82) is 0 Å². The summed E-state index contributed by atoms with van der Waals surface area (Å²) < 4.78 is 0.996. The fourth-order valence-electron chi connectivity index (χ4n) is 1.12. The molecule has 2 aromatic rings. The average molecular weight is 196 g/mol. The van der Waals surface area contributed by atoms with Crippen LogP contribution in [-0.2, 0) is 6.32 Å². The average Bonchev–Trinajstić information content (AvgIpc) is 2.49. The third kappa shape index (κ3) is 1.11. The number of halogens is 1. The predicted octanol–water partition coefficient (Wildman–Crippen LogP) is 1.48. The van der Waals surface area contributed by atoms with Crippen LogP contribution in [0.3, 0.4) is 0 Å². The largest absolute Gasteiger partial charge is 0.235 e. The molecule has 0 aliphatic rings. The van der Waals surface area contributed by atoms with E-state index in [1.54, 1.807) is 11.3 Å². The van der Waals surface area contributed by atoms with E-state index in [0.29, 0.717) is 5.15 Å². The van der Waals surface area contributed by atoms with Crippen molar-refractivity contribution in [1.82, 2.24) is 9.97 Å². The number of nitrogens with zero attached hydrogens (tertiary/aromatic N) is 2. The lowest BCUT2D eigenvalue weighted by Crippen LogP contribution is -1.84. The molecular formula is C7H6BClN2S. The zero-order valence-electron chi connectivity index (χ0n) is 6.54. The molecule has 0 saturated carbocycles. The monoisotopic (exact) mass is 196 g/mol. The molecule has 2 rings (SSSR count). The van der Waals surface area contributed by atoms with E-state index in [-0.39, 0.29) is 0 Å². The van der Waals surface area contributed by atoms with Gasteiger partial charge in [0.05, 0.1) is 10.2 Å². The Bertz CT molecular complexity index is 415. The summed E-state index contributed by atoms with van der Waals surface area (Å²) >= 11 is 7.49. The van der Waals surface area contributed by atoms with Crippen LogP contribution in [0.2, 0.25) is 5.15 Å². The van der Waals surface area contributed by atoms with Crippen LogP contribution in [0, 0.1) is 0 Å². The molecule has 0 aromatic carbocycles. The first-order chi connectivity index (χ1) is 5.83. The normalized spacial score (nSPS) is 10.8. The van der Waals surface area contributed by atoms with Crippen molar-refractivity contribution in [3.05, 3.63) is 22.4 Å². The Morgan fingerprint density at radius 3 is 3.08 bits per heavy atom. The van der Waals surface area contributed by atoms with Crippen LogP contribution in [0.5, 0.6) is 0 Å².